The van der Waals surface area contributed by atoms with Gasteiger partial charge in [0.2, 0.25) is 0 Å². The Morgan fingerprint density at radius 2 is 1.95 bits per heavy atom. The standard InChI is InChI=1S/C16H15BrN2O/c1-10-3-2-4-14(15(10)17)16(20)19-8-11-5-6-13(18)7-12(11)9-19/h2-7H,8-9,18H2,1H3. The number of hydrogen-bond donors (Lipinski definition) is 1. The Hall–Kier alpha value is -1.81. The van der Waals surface area contributed by atoms with Crippen LogP contribution in [0.5, 0.6) is 0 Å². The van der Waals surface area contributed by atoms with E-state index in [9.17, 15) is 4.79 Å². The molecule has 0 aliphatic carbocycles. The van der Waals surface area contributed by atoms with Gasteiger partial charge in [0.1, 0.15) is 0 Å². The summed E-state index contributed by atoms with van der Waals surface area (Å²) in [5.41, 5.74) is 10.6. The number of nitrogen functional groups attached to an aromatic ring is 1. The average Bonchev–Trinajstić information content (AvgIpc) is 2.84. The fourth-order valence-electron chi connectivity index (χ4n) is 2.54. The van der Waals surface area contributed by atoms with Crippen LogP contribution >= 0.6 is 15.9 Å². The Labute approximate surface area is 126 Å². The Kier molecular flexibility index (Phi) is 3.26. The number of hydrogen-bond acceptors (Lipinski definition) is 2. The molecule has 1 heterocycles. The summed E-state index contributed by atoms with van der Waals surface area (Å²) in [5, 5.41) is 0. The molecule has 0 saturated heterocycles. The maximum atomic E-state index is 12.6. The number of rotatable bonds is 1. The van der Waals surface area contributed by atoms with Crippen LogP contribution in [0.4, 0.5) is 5.69 Å². The Balaban J connectivity index is 1.89. The number of amides is 1. The van der Waals surface area contributed by atoms with E-state index < -0.39 is 0 Å². The highest BCUT2D eigenvalue weighted by Crippen LogP contribution is 2.28. The first kappa shape index (κ1) is 13.2. The largest absolute Gasteiger partial charge is 0.399 e. The number of aryl methyl sites for hydroxylation is 1. The van der Waals surface area contributed by atoms with Crippen LogP contribution in [0.15, 0.2) is 40.9 Å². The minimum Gasteiger partial charge on any atom is -0.399 e. The zero-order valence-electron chi connectivity index (χ0n) is 11.2. The molecule has 2 aromatic rings. The lowest BCUT2D eigenvalue weighted by Crippen LogP contribution is -2.25. The third kappa shape index (κ3) is 2.20. The van der Waals surface area contributed by atoms with Crippen LogP contribution in [-0.4, -0.2) is 10.8 Å². The molecule has 0 unspecified atom stereocenters. The number of nitrogens with zero attached hydrogens (tertiary/aromatic N) is 1. The van der Waals surface area contributed by atoms with Gasteiger partial charge in [-0.1, -0.05) is 18.2 Å². The quantitative estimate of drug-likeness (QED) is 0.813. The lowest BCUT2D eigenvalue weighted by atomic mass is 10.1. The van der Waals surface area contributed by atoms with Gasteiger partial charge in [-0.05, 0) is 57.7 Å². The molecule has 0 saturated carbocycles. The topological polar surface area (TPSA) is 46.3 Å². The normalized spacial score (nSPS) is 13.4. The molecule has 1 amide bonds. The predicted molar refractivity (Wildman–Crippen MR) is 83.3 cm³/mol. The fraction of sp³-hybridized carbons (Fsp3) is 0.188. The van der Waals surface area contributed by atoms with Crippen molar-refractivity contribution in [3.8, 4) is 0 Å². The van der Waals surface area contributed by atoms with Gasteiger partial charge in [-0.25, -0.2) is 0 Å². The van der Waals surface area contributed by atoms with E-state index in [1.165, 1.54) is 5.56 Å². The van der Waals surface area contributed by atoms with E-state index in [1.54, 1.807) is 0 Å². The van der Waals surface area contributed by atoms with Crippen molar-refractivity contribution in [2.75, 3.05) is 5.73 Å². The molecule has 0 aromatic heterocycles. The smallest absolute Gasteiger partial charge is 0.255 e. The van der Waals surface area contributed by atoms with E-state index in [0.29, 0.717) is 18.7 Å². The highest BCUT2D eigenvalue weighted by atomic mass is 79.9. The van der Waals surface area contributed by atoms with Crippen molar-refractivity contribution in [3.63, 3.8) is 0 Å². The monoisotopic (exact) mass is 330 g/mol. The number of nitrogens with two attached hydrogens (primary N) is 1. The summed E-state index contributed by atoms with van der Waals surface area (Å²) in [6, 6.07) is 11.6. The number of carbonyl (C=O) groups is 1. The molecule has 3 nitrogen and oxygen atoms in total. The van der Waals surface area contributed by atoms with E-state index in [1.807, 2.05) is 48.2 Å². The third-order valence-corrected chi connectivity index (χ3v) is 4.71. The summed E-state index contributed by atoms with van der Waals surface area (Å²) >= 11 is 3.51. The van der Waals surface area contributed by atoms with Gasteiger partial charge in [0.15, 0.2) is 0 Å². The van der Waals surface area contributed by atoms with Gasteiger partial charge in [0.25, 0.3) is 5.91 Å². The first-order chi connectivity index (χ1) is 9.56. The van der Waals surface area contributed by atoms with E-state index >= 15 is 0 Å². The number of halogens is 1. The lowest BCUT2D eigenvalue weighted by Gasteiger charge is -2.17. The minimum absolute atomic E-state index is 0.0512. The highest BCUT2D eigenvalue weighted by molar-refractivity contribution is 9.10. The number of benzene rings is 2. The van der Waals surface area contributed by atoms with Crippen LogP contribution in [0, 0.1) is 6.92 Å². The van der Waals surface area contributed by atoms with Crippen molar-refractivity contribution in [1.82, 2.24) is 4.90 Å². The summed E-state index contributed by atoms with van der Waals surface area (Å²) in [6.07, 6.45) is 0. The Bertz CT molecular complexity index is 697. The van der Waals surface area contributed by atoms with Crippen molar-refractivity contribution in [3.05, 3.63) is 63.1 Å². The molecule has 0 bridgehead atoms. The van der Waals surface area contributed by atoms with Crippen LogP contribution in [0.1, 0.15) is 27.0 Å². The summed E-state index contributed by atoms with van der Waals surface area (Å²) < 4.78 is 0.875. The maximum absolute atomic E-state index is 12.6. The molecule has 0 fully saturated rings. The molecule has 0 atom stereocenters. The fourth-order valence-corrected chi connectivity index (χ4v) is 2.97. The molecule has 4 heteroatoms. The predicted octanol–water partition coefficient (Wildman–Crippen LogP) is 3.50. The SMILES string of the molecule is Cc1cccc(C(=O)N2Cc3ccc(N)cc3C2)c1Br. The molecular formula is C16H15BrN2O. The maximum Gasteiger partial charge on any atom is 0.255 e. The van der Waals surface area contributed by atoms with Crippen molar-refractivity contribution in [2.24, 2.45) is 0 Å². The number of anilines is 1. The van der Waals surface area contributed by atoms with E-state index in [2.05, 4.69) is 15.9 Å². The van der Waals surface area contributed by atoms with Gasteiger partial charge < -0.3 is 10.6 Å². The number of carbonyl (C=O) groups excluding carboxylic acids is 1. The zero-order valence-corrected chi connectivity index (χ0v) is 12.8. The lowest BCUT2D eigenvalue weighted by molar-refractivity contribution is 0.0750. The zero-order chi connectivity index (χ0) is 14.3. The van der Waals surface area contributed by atoms with Crippen molar-refractivity contribution < 1.29 is 4.79 Å². The van der Waals surface area contributed by atoms with Crippen molar-refractivity contribution in [1.29, 1.82) is 0 Å². The molecule has 20 heavy (non-hydrogen) atoms. The van der Waals surface area contributed by atoms with E-state index in [0.717, 1.165) is 21.3 Å². The van der Waals surface area contributed by atoms with E-state index in [-0.39, 0.29) is 5.91 Å². The second-order valence-corrected chi connectivity index (χ2v) is 5.92. The van der Waals surface area contributed by atoms with Gasteiger partial charge in [0, 0.05) is 23.2 Å². The molecule has 3 rings (SSSR count). The van der Waals surface area contributed by atoms with Crippen molar-refractivity contribution in [2.45, 2.75) is 20.0 Å². The first-order valence-corrected chi connectivity index (χ1v) is 7.27. The van der Waals surface area contributed by atoms with Gasteiger partial charge in [-0.2, -0.15) is 0 Å². The van der Waals surface area contributed by atoms with Crippen LogP contribution in [0.2, 0.25) is 0 Å². The van der Waals surface area contributed by atoms with Gasteiger partial charge in [-0.15, -0.1) is 0 Å². The van der Waals surface area contributed by atoms with Crippen LogP contribution in [0.25, 0.3) is 0 Å². The molecule has 102 valence electrons. The molecule has 1 aliphatic rings. The van der Waals surface area contributed by atoms with Crippen LogP contribution in [-0.2, 0) is 13.1 Å². The molecule has 2 aromatic carbocycles. The summed E-state index contributed by atoms with van der Waals surface area (Å²) in [5.74, 6) is 0.0512. The molecule has 0 radical (unpaired) electrons. The van der Waals surface area contributed by atoms with Crippen LogP contribution < -0.4 is 5.73 Å². The first-order valence-electron chi connectivity index (χ1n) is 6.48. The number of fused-ring (bicyclic) bond motifs is 1. The summed E-state index contributed by atoms with van der Waals surface area (Å²) in [4.78, 5) is 14.5. The average molecular weight is 331 g/mol. The molecular weight excluding hydrogens is 316 g/mol. The Morgan fingerprint density at radius 1 is 1.20 bits per heavy atom. The summed E-state index contributed by atoms with van der Waals surface area (Å²) in [7, 11) is 0. The Morgan fingerprint density at radius 3 is 2.75 bits per heavy atom. The van der Waals surface area contributed by atoms with Gasteiger partial charge in [0.05, 0.1) is 5.56 Å². The van der Waals surface area contributed by atoms with Crippen LogP contribution in [0.3, 0.4) is 0 Å². The van der Waals surface area contributed by atoms with E-state index in [4.69, 9.17) is 5.73 Å². The molecule has 1 aliphatic heterocycles. The molecule has 0 spiro atoms. The highest BCUT2D eigenvalue weighted by Gasteiger charge is 2.25. The minimum atomic E-state index is 0.0512. The second kappa shape index (κ2) is 4.94. The molecule has 2 N–H and O–H groups in total. The second-order valence-electron chi connectivity index (χ2n) is 5.13. The third-order valence-electron chi connectivity index (χ3n) is 3.66. The van der Waals surface area contributed by atoms with Crippen molar-refractivity contribution >= 4 is 27.5 Å². The van der Waals surface area contributed by atoms with Gasteiger partial charge in [-0.3, -0.25) is 4.79 Å². The summed E-state index contributed by atoms with van der Waals surface area (Å²) in [6.45, 7) is 3.26. The van der Waals surface area contributed by atoms with Gasteiger partial charge >= 0.3 is 0 Å².